The molecular weight excluding hydrogens is 370 g/mol. The highest BCUT2D eigenvalue weighted by Gasteiger charge is 2.35. The van der Waals surface area contributed by atoms with Gasteiger partial charge in [0.15, 0.2) is 0 Å². The lowest BCUT2D eigenvalue weighted by Crippen LogP contribution is -2.53. The number of nitrogens with zero attached hydrogens (tertiary/aromatic N) is 2. The van der Waals surface area contributed by atoms with Crippen LogP contribution in [0.1, 0.15) is 22.8 Å². The number of hydrogen-bond acceptors (Lipinski definition) is 4. The van der Waals surface area contributed by atoms with Crippen molar-refractivity contribution in [3.05, 3.63) is 77.5 Å². The fourth-order valence-electron chi connectivity index (χ4n) is 3.34. The Balaban J connectivity index is 1.76. The van der Waals surface area contributed by atoms with Crippen LogP contribution in [-0.2, 0) is 16.1 Å². The first-order valence-electron chi connectivity index (χ1n) is 8.99. The van der Waals surface area contributed by atoms with Gasteiger partial charge >= 0.3 is 6.03 Å². The van der Waals surface area contributed by atoms with E-state index in [0.717, 1.165) is 15.8 Å². The summed E-state index contributed by atoms with van der Waals surface area (Å²) in [6, 6.07) is 15.5. The van der Waals surface area contributed by atoms with E-state index < -0.39 is 17.8 Å². The number of hydrogen-bond donors (Lipinski definition) is 1. The van der Waals surface area contributed by atoms with Gasteiger partial charge in [0.05, 0.1) is 12.1 Å². The molecule has 4 rings (SSSR count). The van der Waals surface area contributed by atoms with Crippen molar-refractivity contribution in [3.63, 3.8) is 0 Å². The molecule has 7 heteroatoms. The van der Waals surface area contributed by atoms with Crippen LogP contribution >= 0.6 is 0 Å². The fraction of sp³-hybridized carbons (Fsp3) is 0.0909. The number of amides is 4. The van der Waals surface area contributed by atoms with Crippen molar-refractivity contribution < 1.29 is 19.2 Å². The van der Waals surface area contributed by atoms with Crippen molar-refractivity contribution in [1.82, 2.24) is 14.8 Å². The van der Waals surface area contributed by atoms with Crippen LogP contribution < -0.4 is 5.32 Å². The summed E-state index contributed by atoms with van der Waals surface area (Å²) in [5.41, 5.74) is 1.82. The SMILES string of the molecule is CC(=O)n1cc(/C=C2/C(=O)NC(=O)N(Cc3ccccc3)C2=O)c2ccccc21. The summed E-state index contributed by atoms with van der Waals surface area (Å²) in [6.07, 6.45) is 3.00. The molecule has 0 radical (unpaired) electrons. The molecule has 29 heavy (non-hydrogen) atoms. The van der Waals surface area contributed by atoms with Crippen molar-refractivity contribution in [2.75, 3.05) is 0 Å². The summed E-state index contributed by atoms with van der Waals surface area (Å²) in [7, 11) is 0. The molecule has 0 bridgehead atoms. The van der Waals surface area contributed by atoms with Gasteiger partial charge in [-0.25, -0.2) is 4.79 Å². The van der Waals surface area contributed by atoms with Crippen molar-refractivity contribution in [2.24, 2.45) is 0 Å². The van der Waals surface area contributed by atoms with Crippen LogP contribution in [-0.4, -0.2) is 33.2 Å². The second kappa shape index (κ2) is 7.20. The summed E-state index contributed by atoms with van der Waals surface area (Å²) < 4.78 is 1.46. The smallest absolute Gasteiger partial charge is 0.287 e. The van der Waals surface area contributed by atoms with E-state index in [-0.39, 0.29) is 18.0 Å². The summed E-state index contributed by atoms with van der Waals surface area (Å²) >= 11 is 0. The van der Waals surface area contributed by atoms with Gasteiger partial charge in [-0.05, 0) is 17.7 Å². The van der Waals surface area contributed by atoms with Crippen LogP contribution in [0, 0.1) is 0 Å². The molecule has 0 aliphatic carbocycles. The third-order valence-corrected chi connectivity index (χ3v) is 4.75. The van der Waals surface area contributed by atoms with E-state index >= 15 is 0 Å². The molecular formula is C22H17N3O4. The van der Waals surface area contributed by atoms with Crippen LogP contribution in [0.3, 0.4) is 0 Å². The van der Waals surface area contributed by atoms with Crippen molar-refractivity contribution in [1.29, 1.82) is 0 Å². The molecule has 144 valence electrons. The van der Waals surface area contributed by atoms with Crippen molar-refractivity contribution in [2.45, 2.75) is 13.5 Å². The van der Waals surface area contributed by atoms with E-state index in [2.05, 4.69) is 5.32 Å². The number of benzene rings is 2. The highest BCUT2D eigenvalue weighted by Crippen LogP contribution is 2.25. The average molecular weight is 387 g/mol. The zero-order chi connectivity index (χ0) is 20.5. The number of nitrogens with one attached hydrogen (secondary N) is 1. The number of barbiturate groups is 1. The standard InChI is InChI=1S/C22H17N3O4/c1-14(26)24-13-16(17-9-5-6-10-19(17)24)11-18-20(27)23-22(29)25(21(18)28)12-15-7-3-2-4-8-15/h2-11,13H,12H2,1H3,(H,23,27,29)/b18-11-. The minimum atomic E-state index is -0.760. The van der Waals surface area contributed by atoms with E-state index in [4.69, 9.17) is 0 Å². The molecule has 1 saturated heterocycles. The van der Waals surface area contributed by atoms with Gasteiger partial charge in [0.2, 0.25) is 5.91 Å². The van der Waals surface area contributed by atoms with Crippen molar-refractivity contribution >= 4 is 40.7 Å². The molecule has 1 aromatic heterocycles. The Labute approximate surface area is 166 Å². The third kappa shape index (κ3) is 3.34. The second-order valence-electron chi connectivity index (χ2n) is 6.68. The molecule has 2 heterocycles. The average Bonchev–Trinajstić information content (AvgIpc) is 3.08. The molecule has 1 fully saturated rings. The van der Waals surface area contributed by atoms with Gasteiger partial charge in [-0.2, -0.15) is 0 Å². The molecule has 7 nitrogen and oxygen atoms in total. The Morgan fingerprint density at radius 2 is 1.69 bits per heavy atom. The molecule has 0 saturated carbocycles. The first-order chi connectivity index (χ1) is 14.0. The van der Waals surface area contributed by atoms with E-state index in [1.807, 2.05) is 12.1 Å². The molecule has 1 aliphatic heterocycles. The second-order valence-corrected chi connectivity index (χ2v) is 6.68. The highest BCUT2D eigenvalue weighted by molar-refractivity contribution is 6.31. The van der Waals surface area contributed by atoms with Crippen LogP contribution in [0.4, 0.5) is 4.79 Å². The number of aromatic nitrogens is 1. The molecule has 0 unspecified atom stereocenters. The zero-order valence-corrected chi connectivity index (χ0v) is 15.6. The lowest BCUT2D eigenvalue weighted by molar-refractivity contribution is -0.130. The lowest BCUT2D eigenvalue weighted by atomic mass is 10.1. The number of carbonyl (C=O) groups is 4. The predicted molar refractivity (Wildman–Crippen MR) is 107 cm³/mol. The topological polar surface area (TPSA) is 88.5 Å². The zero-order valence-electron chi connectivity index (χ0n) is 15.6. The maximum absolute atomic E-state index is 12.9. The maximum Gasteiger partial charge on any atom is 0.331 e. The largest absolute Gasteiger partial charge is 0.331 e. The Morgan fingerprint density at radius 3 is 2.41 bits per heavy atom. The first-order valence-corrected chi connectivity index (χ1v) is 8.99. The monoisotopic (exact) mass is 387 g/mol. The minimum absolute atomic E-state index is 0.0470. The lowest BCUT2D eigenvalue weighted by Gasteiger charge is -2.26. The molecule has 3 aromatic rings. The van der Waals surface area contributed by atoms with Gasteiger partial charge in [0, 0.05) is 24.1 Å². The number of rotatable bonds is 3. The summed E-state index contributed by atoms with van der Waals surface area (Å²) in [5.74, 6) is -1.63. The quantitative estimate of drug-likeness (QED) is 0.553. The Hall–Kier alpha value is -4.00. The predicted octanol–water partition coefficient (Wildman–Crippen LogP) is 2.96. The third-order valence-electron chi connectivity index (χ3n) is 4.75. The van der Waals surface area contributed by atoms with Crippen LogP contribution in [0.5, 0.6) is 0 Å². The van der Waals surface area contributed by atoms with Gasteiger partial charge in [0.25, 0.3) is 11.8 Å². The summed E-state index contributed by atoms with van der Waals surface area (Å²) in [4.78, 5) is 50.5. The Morgan fingerprint density at radius 1 is 1.00 bits per heavy atom. The van der Waals surface area contributed by atoms with E-state index in [1.54, 1.807) is 48.7 Å². The van der Waals surface area contributed by atoms with Crippen LogP contribution in [0.25, 0.3) is 17.0 Å². The summed E-state index contributed by atoms with van der Waals surface area (Å²) in [6.45, 7) is 1.48. The van der Waals surface area contributed by atoms with Crippen LogP contribution in [0.15, 0.2) is 66.4 Å². The summed E-state index contributed by atoms with van der Waals surface area (Å²) in [5, 5.41) is 2.94. The molecule has 4 amide bonds. The van der Waals surface area contributed by atoms with Crippen molar-refractivity contribution in [3.8, 4) is 0 Å². The Bertz CT molecular complexity index is 1190. The minimum Gasteiger partial charge on any atom is -0.287 e. The normalized spacial score (nSPS) is 15.8. The van der Waals surface area contributed by atoms with Gasteiger partial charge in [-0.3, -0.25) is 29.2 Å². The fourth-order valence-corrected chi connectivity index (χ4v) is 3.34. The van der Waals surface area contributed by atoms with Gasteiger partial charge in [-0.15, -0.1) is 0 Å². The van der Waals surface area contributed by atoms with Gasteiger partial charge in [0.1, 0.15) is 5.57 Å². The van der Waals surface area contributed by atoms with Gasteiger partial charge < -0.3 is 0 Å². The number of imide groups is 2. The molecule has 2 aromatic carbocycles. The number of carbonyl (C=O) groups excluding carboxylic acids is 4. The van der Waals surface area contributed by atoms with E-state index in [0.29, 0.717) is 11.1 Å². The Kier molecular flexibility index (Phi) is 4.56. The number of fused-ring (bicyclic) bond motifs is 1. The molecule has 1 aliphatic rings. The number of para-hydroxylation sites is 1. The first kappa shape index (κ1) is 18.4. The molecule has 1 N–H and O–H groups in total. The van der Waals surface area contributed by atoms with E-state index in [9.17, 15) is 19.2 Å². The number of urea groups is 1. The maximum atomic E-state index is 12.9. The highest BCUT2D eigenvalue weighted by atomic mass is 16.2. The molecule has 0 spiro atoms. The van der Waals surface area contributed by atoms with Gasteiger partial charge in [-0.1, -0.05) is 48.5 Å². The molecule has 0 atom stereocenters. The van der Waals surface area contributed by atoms with E-state index in [1.165, 1.54) is 17.6 Å². The van der Waals surface area contributed by atoms with Crippen LogP contribution in [0.2, 0.25) is 0 Å².